The number of nitrogens with two attached hydrogens (primary N) is 1. The van der Waals surface area contributed by atoms with Gasteiger partial charge in [0, 0.05) is 10.6 Å². The van der Waals surface area contributed by atoms with E-state index in [1.165, 1.54) is 0 Å². The van der Waals surface area contributed by atoms with Crippen molar-refractivity contribution < 1.29 is 4.52 Å². The van der Waals surface area contributed by atoms with Gasteiger partial charge in [-0.3, -0.25) is 0 Å². The van der Waals surface area contributed by atoms with Crippen LogP contribution in [0.1, 0.15) is 5.56 Å². The summed E-state index contributed by atoms with van der Waals surface area (Å²) in [5, 5.41) is 4.56. The Kier molecular flexibility index (Phi) is 2.59. The van der Waals surface area contributed by atoms with Crippen molar-refractivity contribution in [2.75, 3.05) is 5.73 Å². The lowest BCUT2D eigenvalue weighted by Gasteiger charge is -2.03. The third-order valence-electron chi connectivity index (χ3n) is 2.17. The molecule has 0 aliphatic carbocycles. The van der Waals surface area contributed by atoms with Crippen LogP contribution in [-0.2, 0) is 0 Å². The Morgan fingerprint density at radius 3 is 2.67 bits per heavy atom. The second-order valence-electron chi connectivity index (χ2n) is 3.12. The predicted molar refractivity (Wildman–Crippen MR) is 61.1 cm³/mol. The second kappa shape index (κ2) is 3.76. The molecule has 0 saturated carbocycles. The molecule has 0 aliphatic heterocycles. The lowest BCUT2D eigenvalue weighted by atomic mass is 10.1. The molecule has 0 atom stereocenters. The number of hydrogen-bond acceptors (Lipinski definition) is 3. The van der Waals surface area contributed by atoms with Gasteiger partial charge in [0.25, 0.3) is 0 Å². The molecule has 0 spiro atoms. The first-order chi connectivity index (χ1) is 7.11. The van der Waals surface area contributed by atoms with Gasteiger partial charge in [-0.1, -0.05) is 40.5 Å². The molecular formula is C10H8Cl2N2O. The largest absolute Gasteiger partial charge is 0.380 e. The molecule has 2 N–H and O–H groups in total. The van der Waals surface area contributed by atoms with E-state index in [4.69, 9.17) is 33.5 Å². The fourth-order valence-corrected chi connectivity index (χ4v) is 1.66. The van der Waals surface area contributed by atoms with Crippen LogP contribution < -0.4 is 5.73 Å². The van der Waals surface area contributed by atoms with Gasteiger partial charge < -0.3 is 10.3 Å². The third-order valence-corrected chi connectivity index (χ3v) is 2.95. The molecule has 0 amide bonds. The van der Waals surface area contributed by atoms with Gasteiger partial charge in [-0.15, -0.1) is 0 Å². The zero-order chi connectivity index (χ0) is 11.0. The van der Waals surface area contributed by atoms with Crippen LogP contribution in [0.25, 0.3) is 11.3 Å². The van der Waals surface area contributed by atoms with Gasteiger partial charge in [-0.2, -0.15) is 0 Å². The van der Waals surface area contributed by atoms with Crippen molar-refractivity contribution >= 4 is 29.0 Å². The van der Waals surface area contributed by atoms with E-state index >= 15 is 0 Å². The maximum Gasteiger partial charge on any atom is 0.188 e. The fraction of sp³-hybridized carbons (Fsp3) is 0.100. The van der Waals surface area contributed by atoms with Crippen molar-refractivity contribution in [1.82, 2.24) is 5.16 Å². The molecule has 1 heterocycles. The SMILES string of the molecule is Cc1c(Cl)cccc1-c1onc(N)c1Cl. The summed E-state index contributed by atoms with van der Waals surface area (Å²) < 4.78 is 5.05. The molecule has 0 aliphatic rings. The van der Waals surface area contributed by atoms with Gasteiger partial charge in [-0.05, 0) is 18.6 Å². The lowest BCUT2D eigenvalue weighted by Crippen LogP contribution is -1.85. The number of hydrogen-bond donors (Lipinski definition) is 1. The second-order valence-corrected chi connectivity index (χ2v) is 3.91. The highest BCUT2D eigenvalue weighted by Gasteiger charge is 2.16. The molecule has 3 nitrogen and oxygen atoms in total. The number of nitrogens with zero attached hydrogens (tertiary/aromatic N) is 1. The molecule has 0 fully saturated rings. The summed E-state index contributed by atoms with van der Waals surface area (Å²) >= 11 is 11.9. The van der Waals surface area contributed by atoms with Gasteiger partial charge in [0.15, 0.2) is 11.6 Å². The minimum absolute atomic E-state index is 0.186. The van der Waals surface area contributed by atoms with Crippen molar-refractivity contribution in [3.8, 4) is 11.3 Å². The van der Waals surface area contributed by atoms with E-state index in [1.807, 2.05) is 19.1 Å². The van der Waals surface area contributed by atoms with Crippen LogP contribution in [0.4, 0.5) is 5.82 Å². The average Bonchev–Trinajstić information content (AvgIpc) is 2.53. The van der Waals surface area contributed by atoms with Crippen LogP contribution in [0, 0.1) is 6.92 Å². The minimum atomic E-state index is 0.186. The Morgan fingerprint density at radius 1 is 1.33 bits per heavy atom. The summed E-state index contributed by atoms with van der Waals surface area (Å²) in [6, 6.07) is 5.47. The highest BCUT2D eigenvalue weighted by molar-refractivity contribution is 6.35. The van der Waals surface area contributed by atoms with Gasteiger partial charge in [0.2, 0.25) is 0 Å². The van der Waals surface area contributed by atoms with Gasteiger partial charge in [0.05, 0.1) is 0 Å². The first kappa shape index (κ1) is 10.3. The van der Waals surface area contributed by atoms with E-state index in [9.17, 15) is 0 Å². The van der Waals surface area contributed by atoms with Crippen LogP contribution in [0.2, 0.25) is 10.0 Å². The van der Waals surface area contributed by atoms with Crippen LogP contribution in [-0.4, -0.2) is 5.16 Å². The van der Waals surface area contributed by atoms with Gasteiger partial charge >= 0.3 is 0 Å². The molecule has 0 unspecified atom stereocenters. The van der Waals surface area contributed by atoms with Crippen molar-refractivity contribution in [1.29, 1.82) is 0 Å². The maximum absolute atomic E-state index is 5.99. The Hall–Kier alpha value is -1.19. The molecule has 1 aromatic carbocycles. The van der Waals surface area contributed by atoms with E-state index in [0.717, 1.165) is 11.1 Å². The minimum Gasteiger partial charge on any atom is -0.380 e. The van der Waals surface area contributed by atoms with Crippen molar-refractivity contribution in [3.63, 3.8) is 0 Å². The number of aromatic nitrogens is 1. The molecule has 2 rings (SSSR count). The number of halogens is 2. The van der Waals surface area contributed by atoms with E-state index in [-0.39, 0.29) is 5.82 Å². The zero-order valence-electron chi connectivity index (χ0n) is 7.92. The molecule has 78 valence electrons. The normalized spacial score (nSPS) is 10.6. The van der Waals surface area contributed by atoms with E-state index in [1.54, 1.807) is 6.07 Å². The lowest BCUT2D eigenvalue weighted by molar-refractivity contribution is 0.435. The van der Waals surface area contributed by atoms with Gasteiger partial charge in [-0.25, -0.2) is 0 Å². The Balaban J connectivity index is 2.64. The molecule has 2 aromatic rings. The van der Waals surface area contributed by atoms with Crippen LogP contribution in [0.15, 0.2) is 22.7 Å². The quantitative estimate of drug-likeness (QED) is 0.833. The molecule has 0 saturated heterocycles. The first-order valence-electron chi connectivity index (χ1n) is 4.27. The number of benzene rings is 1. The summed E-state index contributed by atoms with van der Waals surface area (Å²) in [5.41, 5.74) is 7.19. The Labute approximate surface area is 96.8 Å². The van der Waals surface area contributed by atoms with Crippen molar-refractivity contribution in [2.45, 2.75) is 6.92 Å². The highest BCUT2D eigenvalue weighted by atomic mass is 35.5. The van der Waals surface area contributed by atoms with E-state index in [2.05, 4.69) is 5.16 Å². The van der Waals surface area contributed by atoms with Crippen LogP contribution in [0.3, 0.4) is 0 Å². The maximum atomic E-state index is 5.99. The highest BCUT2D eigenvalue weighted by Crippen LogP contribution is 2.35. The Morgan fingerprint density at radius 2 is 2.07 bits per heavy atom. The van der Waals surface area contributed by atoms with Crippen molar-refractivity contribution in [3.05, 3.63) is 33.8 Å². The van der Waals surface area contributed by atoms with E-state index < -0.39 is 0 Å². The number of rotatable bonds is 1. The van der Waals surface area contributed by atoms with E-state index in [0.29, 0.717) is 15.8 Å². The molecule has 1 aromatic heterocycles. The number of nitrogen functional groups attached to an aromatic ring is 1. The smallest absolute Gasteiger partial charge is 0.188 e. The average molecular weight is 243 g/mol. The summed E-state index contributed by atoms with van der Waals surface area (Å²) in [7, 11) is 0. The summed E-state index contributed by atoms with van der Waals surface area (Å²) in [5.74, 6) is 0.639. The van der Waals surface area contributed by atoms with Crippen LogP contribution >= 0.6 is 23.2 Å². The molecule has 0 radical (unpaired) electrons. The molecule has 15 heavy (non-hydrogen) atoms. The molecule has 5 heteroatoms. The monoisotopic (exact) mass is 242 g/mol. The predicted octanol–water partition coefficient (Wildman–Crippen LogP) is 3.54. The van der Waals surface area contributed by atoms with Crippen molar-refractivity contribution in [2.24, 2.45) is 0 Å². The zero-order valence-corrected chi connectivity index (χ0v) is 9.43. The van der Waals surface area contributed by atoms with Crippen LogP contribution in [0.5, 0.6) is 0 Å². The van der Waals surface area contributed by atoms with Gasteiger partial charge in [0.1, 0.15) is 5.02 Å². The number of anilines is 1. The standard InChI is InChI=1S/C10H8Cl2N2O/c1-5-6(3-2-4-7(5)11)9-8(12)10(13)14-15-9/h2-4H,1H3,(H2,13,14). The molecular weight excluding hydrogens is 235 g/mol. The third kappa shape index (κ3) is 1.68. The topological polar surface area (TPSA) is 52.0 Å². The summed E-state index contributed by atoms with van der Waals surface area (Å²) in [4.78, 5) is 0. The summed E-state index contributed by atoms with van der Waals surface area (Å²) in [6.07, 6.45) is 0. The fourth-order valence-electron chi connectivity index (χ4n) is 1.31. The summed E-state index contributed by atoms with van der Waals surface area (Å²) in [6.45, 7) is 1.88. The Bertz CT molecular complexity index is 508. The molecule has 0 bridgehead atoms. The first-order valence-corrected chi connectivity index (χ1v) is 5.03.